The molecule has 0 spiro atoms. The molecule has 1 saturated carbocycles. The molecule has 0 aromatic carbocycles. The van der Waals surface area contributed by atoms with Crippen LogP contribution in [0.1, 0.15) is 44.9 Å². The largest absolute Gasteiger partial charge is 0.461 e. The van der Waals surface area contributed by atoms with Gasteiger partial charge in [-0.2, -0.15) is 4.98 Å². The molecule has 5 nitrogen and oxygen atoms in total. The second kappa shape index (κ2) is 4.81. The van der Waals surface area contributed by atoms with Gasteiger partial charge in [0.2, 0.25) is 11.7 Å². The van der Waals surface area contributed by atoms with Crippen LogP contribution in [0.3, 0.4) is 0 Å². The molecule has 5 heteroatoms. The van der Waals surface area contributed by atoms with E-state index >= 15 is 0 Å². The highest BCUT2D eigenvalue weighted by atomic mass is 16.5. The van der Waals surface area contributed by atoms with Gasteiger partial charge in [-0.1, -0.05) is 18.5 Å². The molecule has 0 bridgehead atoms. The Bertz CT molecular complexity index is 525. The summed E-state index contributed by atoms with van der Waals surface area (Å²) in [5, 5.41) is 3.96. The Morgan fingerprint density at radius 3 is 2.84 bits per heavy atom. The van der Waals surface area contributed by atoms with Crippen molar-refractivity contribution in [1.29, 1.82) is 0 Å². The molecule has 2 aromatic rings. The molecule has 0 saturated heterocycles. The minimum atomic E-state index is -0.469. The Morgan fingerprint density at radius 2 is 2.21 bits per heavy atom. The second-order valence-corrected chi connectivity index (χ2v) is 5.41. The molecule has 0 unspecified atom stereocenters. The third-order valence-electron chi connectivity index (χ3n) is 4.17. The fourth-order valence-corrected chi connectivity index (χ4v) is 2.75. The van der Waals surface area contributed by atoms with Crippen molar-refractivity contribution < 1.29 is 8.94 Å². The first-order valence-corrected chi connectivity index (χ1v) is 6.88. The number of furan rings is 1. The summed E-state index contributed by atoms with van der Waals surface area (Å²) in [4.78, 5) is 4.40. The highest BCUT2D eigenvalue weighted by molar-refractivity contribution is 5.44. The molecule has 0 radical (unpaired) electrons. The van der Waals surface area contributed by atoms with Crippen LogP contribution in [0.5, 0.6) is 0 Å². The first-order valence-electron chi connectivity index (χ1n) is 6.88. The maximum Gasteiger partial charge on any atom is 0.247 e. The molecule has 19 heavy (non-hydrogen) atoms. The fraction of sp³-hybridized carbons (Fsp3) is 0.571. The Kier molecular flexibility index (Phi) is 3.14. The van der Waals surface area contributed by atoms with Gasteiger partial charge in [0.05, 0.1) is 11.8 Å². The van der Waals surface area contributed by atoms with Gasteiger partial charge >= 0.3 is 0 Å². The first-order chi connectivity index (χ1) is 9.21. The number of hydrogen-bond acceptors (Lipinski definition) is 5. The minimum absolute atomic E-state index is 0.469. The lowest BCUT2D eigenvalue weighted by atomic mass is 9.76. The minimum Gasteiger partial charge on any atom is -0.461 e. The Morgan fingerprint density at radius 1 is 1.42 bits per heavy atom. The van der Waals surface area contributed by atoms with Gasteiger partial charge in [0.1, 0.15) is 0 Å². The summed E-state index contributed by atoms with van der Waals surface area (Å²) in [6.45, 7) is 2.23. The Hall–Kier alpha value is -1.62. The van der Waals surface area contributed by atoms with Gasteiger partial charge in [0.25, 0.3) is 0 Å². The third kappa shape index (κ3) is 2.30. The predicted molar refractivity (Wildman–Crippen MR) is 70.1 cm³/mol. The zero-order valence-corrected chi connectivity index (χ0v) is 11.1. The van der Waals surface area contributed by atoms with Crippen molar-refractivity contribution in [2.45, 2.75) is 44.6 Å². The fourth-order valence-electron chi connectivity index (χ4n) is 2.75. The molecule has 1 aliphatic rings. The van der Waals surface area contributed by atoms with Crippen molar-refractivity contribution in [1.82, 2.24) is 10.1 Å². The number of nitrogens with two attached hydrogens (primary N) is 1. The third-order valence-corrected chi connectivity index (χ3v) is 4.17. The van der Waals surface area contributed by atoms with Gasteiger partial charge in [-0.25, -0.2) is 0 Å². The standard InChI is InChI=1S/C14H19N3O2/c1-2-10-5-7-14(15,8-6-10)13-16-12(17-19-13)11-4-3-9-18-11/h3-4,9-10H,2,5-8,15H2,1H3. The van der Waals surface area contributed by atoms with Gasteiger partial charge in [-0.3, -0.25) is 0 Å². The molecule has 102 valence electrons. The molecular formula is C14H19N3O2. The molecule has 2 aromatic heterocycles. The zero-order valence-electron chi connectivity index (χ0n) is 11.1. The van der Waals surface area contributed by atoms with Crippen LogP contribution in [0.25, 0.3) is 11.6 Å². The lowest BCUT2D eigenvalue weighted by molar-refractivity contribution is 0.181. The lowest BCUT2D eigenvalue weighted by Gasteiger charge is -2.33. The number of nitrogens with zero attached hydrogens (tertiary/aromatic N) is 2. The van der Waals surface area contributed by atoms with Gasteiger partial charge in [0.15, 0.2) is 5.76 Å². The van der Waals surface area contributed by atoms with Crippen LogP contribution in [0.2, 0.25) is 0 Å². The highest BCUT2D eigenvalue weighted by Crippen LogP contribution is 2.38. The summed E-state index contributed by atoms with van der Waals surface area (Å²) in [7, 11) is 0. The highest BCUT2D eigenvalue weighted by Gasteiger charge is 2.37. The van der Waals surface area contributed by atoms with Crippen LogP contribution in [0, 0.1) is 5.92 Å². The second-order valence-electron chi connectivity index (χ2n) is 5.41. The molecule has 3 rings (SSSR count). The van der Waals surface area contributed by atoms with E-state index in [0.29, 0.717) is 17.5 Å². The van der Waals surface area contributed by atoms with Crippen LogP contribution in [-0.2, 0) is 5.54 Å². The molecule has 2 heterocycles. The Balaban J connectivity index is 1.79. The molecule has 0 aliphatic heterocycles. The average molecular weight is 261 g/mol. The van der Waals surface area contributed by atoms with E-state index < -0.39 is 5.54 Å². The average Bonchev–Trinajstić information content (AvgIpc) is 3.10. The predicted octanol–water partition coefficient (Wildman–Crippen LogP) is 3.08. The van der Waals surface area contributed by atoms with Crippen molar-refractivity contribution >= 4 is 0 Å². The van der Waals surface area contributed by atoms with E-state index in [2.05, 4.69) is 17.1 Å². The van der Waals surface area contributed by atoms with Gasteiger partial charge in [-0.05, 0) is 43.7 Å². The Labute approximate surface area is 112 Å². The summed E-state index contributed by atoms with van der Waals surface area (Å²) in [6, 6.07) is 3.61. The summed E-state index contributed by atoms with van der Waals surface area (Å²) >= 11 is 0. The smallest absolute Gasteiger partial charge is 0.247 e. The molecule has 1 aliphatic carbocycles. The number of rotatable bonds is 3. The lowest BCUT2D eigenvalue weighted by Crippen LogP contribution is -2.40. The van der Waals surface area contributed by atoms with E-state index in [9.17, 15) is 0 Å². The van der Waals surface area contributed by atoms with Crippen molar-refractivity contribution in [2.75, 3.05) is 0 Å². The van der Waals surface area contributed by atoms with Crippen molar-refractivity contribution in [3.8, 4) is 11.6 Å². The summed E-state index contributed by atoms with van der Waals surface area (Å²) < 4.78 is 10.6. The summed E-state index contributed by atoms with van der Waals surface area (Å²) in [5.74, 6) is 2.40. The van der Waals surface area contributed by atoms with Crippen LogP contribution in [0.4, 0.5) is 0 Å². The molecule has 0 atom stereocenters. The van der Waals surface area contributed by atoms with Gasteiger partial charge < -0.3 is 14.7 Å². The molecule has 0 amide bonds. The van der Waals surface area contributed by atoms with Gasteiger partial charge in [-0.15, -0.1) is 0 Å². The topological polar surface area (TPSA) is 78.1 Å². The normalized spacial score (nSPS) is 27.6. The van der Waals surface area contributed by atoms with Crippen molar-refractivity contribution in [3.05, 3.63) is 24.3 Å². The van der Waals surface area contributed by atoms with E-state index in [1.165, 1.54) is 6.42 Å². The van der Waals surface area contributed by atoms with E-state index in [-0.39, 0.29) is 0 Å². The van der Waals surface area contributed by atoms with Crippen LogP contribution in [-0.4, -0.2) is 10.1 Å². The SMILES string of the molecule is CCC1CCC(N)(c2nc(-c3ccco3)no2)CC1. The van der Waals surface area contributed by atoms with Crippen LogP contribution < -0.4 is 5.73 Å². The maximum absolute atomic E-state index is 6.44. The van der Waals surface area contributed by atoms with E-state index in [1.807, 2.05) is 6.07 Å². The summed E-state index contributed by atoms with van der Waals surface area (Å²) in [6.07, 6.45) is 6.89. The maximum atomic E-state index is 6.44. The van der Waals surface area contributed by atoms with Crippen LogP contribution >= 0.6 is 0 Å². The van der Waals surface area contributed by atoms with Crippen molar-refractivity contribution in [2.24, 2.45) is 11.7 Å². The molecule has 2 N–H and O–H groups in total. The first kappa shape index (κ1) is 12.4. The van der Waals surface area contributed by atoms with Crippen molar-refractivity contribution in [3.63, 3.8) is 0 Å². The molecule has 1 fully saturated rings. The number of hydrogen-bond donors (Lipinski definition) is 1. The zero-order chi connectivity index (χ0) is 13.3. The van der Waals surface area contributed by atoms with Crippen LogP contribution in [0.15, 0.2) is 27.3 Å². The number of aromatic nitrogens is 2. The molecular weight excluding hydrogens is 242 g/mol. The van der Waals surface area contributed by atoms with Gasteiger partial charge in [0, 0.05) is 0 Å². The monoisotopic (exact) mass is 261 g/mol. The quantitative estimate of drug-likeness (QED) is 0.918. The van der Waals surface area contributed by atoms with E-state index in [0.717, 1.165) is 31.6 Å². The summed E-state index contributed by atoms with van der Waals surface area (Å²) in [5.41, 5.74) is 5.97. The van der Waals surface area contributed by atoms with E-state index in [1.54, 1.807) is 12.3 Å². The van der Waals surface area contributed by atoms with E-state index in [4.69, 9.17) is 14.7 Å².